The van der Waals surface area contributed by atoms with Crippen LogP contribution in [-0.4, -0.2) is 33.6 Å². The molecule has 2 N–H and O–H groups in total. The van der Waals surface area contributed by atoms with Crippen molar-refractivity contribution >= 4 is 5.96 Å². The van der Waals surface area contributed by atoms with E-state index in [0.717, 1.165) is 48.1 Å². The standard InChI is InChI=1S/C23H27FN6/c1-3-25-22(29-16-23(10-11-23)19-6-4-5-7-20(19)24)28-15-18-8-9-21(27-14-18)30-13-12-26-17(30)2/h4-9,12-14H,3,10-11,15-16H2,1-2H3,(H2,25,28,29). The Morgan fingerprint density at radius 2 is 2.00 bits per heavy atom. The molecule has 0 spiro atoms. The molecule has 0 unspecified atom stereocenters. The van der Waals surface area contributed by atoms with Crippen LogP contribution in [0.5, 0.6) is 0 Å². The SMILES string of the molecule is CCNC(=NCc1ccc(-n2ccnc2C)nc1)NCC1(c2ccccc2F)CC1. The molecular weight excluding hydrogens is 379 g/mol. The summed E-state index contributed by atoms with van der Waals surface area (Å²) in [7, 11) is 0. The van der Waals surface area contributed by atoms with E-state index >= 15 is 0 Å². The largest absolute Gasteiger partial charge is 0.357 e. The quantitative estimate of drug-likeness (QED) is 0.466. The number of nitrogens with one attached hydrogen (secondary N) is 2. The minimum absolute atomic E-state index is 0.127. The fourth-order valence-corrected chi connectivity index (χ4v) is 3.62. The molecule has 4 rings (SSSR count). The van der Waals surface area contributed by atoms with E-state index in [1.54, 1.807) is 12.3 Å². The zero-order valence-corrected chi connectivity index (χ0v) is 17.4. The van der Waals surface area contributed by atoms with Gasteiger partial charge in [-0.3, -0.25) is 4.57 Å². The van der Waals surface area contributed by atoms with Gasteiger partial charge in [0.05, 0.1) is 6.54 Å². The Labute approximate surface area is 176 Å². The first-order valence-electron chi connectivity index (χ1n) is 10.3. The molecule has 7 heteroatoms. The van der Waals surface area contributed by atoms with Crippen molar-refractivity contribution in [2.24, 2.45) is 4.99 Å². The van der Waals surface area contributed by atoms with E-state index in [-0.39, 0.29) is 11.2 Å². The number of pyridine rings is 1. The summed E-state index contributed by atoms with van der Waals surface area (Å²) < 4.78 is 16.2. The second-order valence-electron chi connectivity index (χ2n) is 7.68. The van der Waals surface area contributed by atoms with E-state index in [0.29, 0.717) is 13.1 Å². The molecule has 1 fully saturated rings. The summed E-state index contributed by atoms with van der Waals surface area (Å²) in [5.74, 6) is 2.34. The zero-order chi connectivity index (χ0) is 21.0. The van der Waals surface area contributed by atoms with Crippen molar-refractivity contribution in [3.05, 3.63) is 77.8 Å². The van der Waals surface area contributed by atoms with Gasteiger partial charge in [-0.1, -0.05) is 24.3 Å². The monoisotopic (exact) mass is 406 g/mol. The summed E-state index contributed by atoms with van der Waals surface area (Å²) >= 11 is 0. The number of hydrogen-bond donors (Lipinski definition) is 2. The minimum Gasteiger partial charge on any atom is -0.357 e. The summed E-state index contributed by atoms with van der Waals surface area (Å²) in [4.78, 5) is 13.4. The van der Waals surface area contributed by atoms with Crippen molar-refractivity contribution < 1.29 is 4.39 Å². The zero-order valence-electron chi connectivity index (χ0n) is 17.4. The van der Waals surface area contributed by atoms with E-state index < -0.39 is 0 Å². The number of aryl methyl sites for hydroxylation is 1. The topological polar surface area (TPSA) is 67.1 Å². The fraction of sp³-hybridized carbons (Fsp3) is 0.348. The lowest BCUT2D eigenvalue weighted by molar-refractivity contribution is 0.559. The molecule has 1 saturated carbocycles. The molecule has 1 aliphatic carbocycles. The number of nitrogens with zero attached hydrogens (tertiary/aromatic N) is 4. The maximum absolute atomic E-state index is 14.2. The fourth-order valence-electron chi connectivity index (χ4n) is 3.62. The number of rotatable bonds is 7. The third kappa shape index (κ3) is 4.35. The highest BCUT2D eigenvalue weighted by atomic mass is 19.1. The number of imidazole rings is 1. The first kappa shape index (κ1) is 20.1. The lowest BCUT2D eigenvalue weighted by Crippen LogP contribution is -2.41. The predicted octanol–water partition coefficient (Wildman–Crippen LogP) is 3.50. The lowest BCUT2D eigenvalue weighted by Gasteiger charge is -2.19. The van der Waals surface area contributed by atoms with Crippen LogP contribution < -0.4 is 10.6 Å². The van der Waals surface area contributed by atoms with Gasteiger partial charge in [0.15, 0.2) is 5.96 Å². The molecule has 0 aliphatic heterocycles. The Bertz CT molecular complexity index is 1020. The molecule has 1 aliphatic rings. The molecule has 0 bridgehead atoms. The van der Waals surface area contributed by atoms with Gasteiger partial charge in [-0.2, -0.15) is 0 Å². The first-order valence-corrected chi connectivity index (χ1v) is 10.3. The molecule has 3 aromatic rings. The summed E-state index contributed by atoms with van der Waals surface area (Å²) in [5, 5.41) is 6.67. The van der Waals surface area contributed by atoms with Crippen LogP contribution in [0.3, 0.4) is 0 Å². The third-order valence-corrected chi connectivity index (χ3v) is 5.54. The van der Waals surface area contributed by atoms with E-state index in [1.165, 1.54) is 6.07 Å². The number of aromatic nitrogens is 3. The average molecular weight is 407 g/mol. The normalized spacial score (nSPS) is 15.1. The van der Waals surface area contributed by atoms with E-state index in [4.69, 9.17) is 0 Å². The van der Waals surface area contributed by atoms with Gasteiger partial charge in [0.25, 0.3) is 0 Å². The molecule has 1 aromatic carbocycles. The molecular formula is C23H27FN6. The molecule has 0 radical (unpaired) electrons. The van der Waals surface area contributed by atoms with Crippen molar-refractivity contribution in [1.29, 1.82) is 0 Å². The van der Waals surface area contributed by atoms with Crippen LogP contribution in [0.4, 0.5) is 4.39 Å². The van der Waals surface area contributed by atoms with Gasteiger partial charge in [-0.15, -0.1) is 0 Å². The number of benzene rings is 1. The molecule has 2 aromatic heterocycles. The van der Waals surface area contributed by atoms with Gasteiger partial charge in [0.2, 0.25) is 0 Å². The van der Waals surface area contributed by atoms with E-state index in [9.17, 15) is 4.39 Å². The second-order valence-corrected chi connectivity index (χ2v) is 7.68. The van der Waals surface area contributed by atoms with Crippen molar-refractivity contribution in [1.82, 2.24) is 25.2 Å². The van der Waals surface area contributed by atoms with E-state index in [2.05, 4.69) is 25.6 Å². The Hall–Kier alpha value is -3.22. The van der Waals surface area contributed by atoms with Crippen molar-refractivity contribution in [2.45, 2.75) is 38.6 Å². The summed E-state index contributed by atoms with van der Waals surface area (Å²) in [6, 6.07) is 11.1. The Morgan fingerprint density at radius 3 is 2.63 bits per heavy atom. The lowest BCUT2D eigenvalue weighted by atomic mass is 9.95. The van der Waals surface area contributed by atoms with Crippen molar-refractivity contribution in [3.8, 4) is 5.82 Å². The van der Waals surface area contributed by atoms with Crippen LogP contribution in [0, 0.1) is 12.7 Å². The van der Waals surface area contributed by atoms with Gasteiger partial charge in [0, 0.05) is 37.1 Å². The Morgan fingerprint density at radius 1 is 1.17 bits per heavy atom. The van der Waals surface area contributed by atoms with Gasteiger partial charge in [0.1, 0.15) is 17.5 Å². The van der Waals surface area contributed by atoms with Gasteiger partial charge >= 0.3 is 0 Å². The van der Waals surface area contributed by atoms with Gasteiger partial charge in [-0.25, -0.2) is 19.4 Å². The third-order valence-electron chi connectivity index (χ3n) is 5.54. The number of hydrogen-bond acceptors (Lipinski definition) is 3. The molecule has 6 nitrogen and oxygen atoms in total. The van der Waals surface area contributed by atoms with Crippen LogP contribution in [0.1, 0.15) is 36.7 Å². The highest BCUT2D eigenvalue weighted by Crippen LogP contribution is 2.48. The molecule has 2 heterocycles. The van der Waals surface area contributed by atoms with Crippen LogP contribution in [0.25, 0.3) is 5.82 Å². The molecule has 0 amide bonds. The Kier molecular flexibility index (Phi) is 5.79. The van der Waals surface area contributed by atoms with Crippen LogP contribution in [-0.2, 0) is 12.0 Å². The molecule has 0 saturated heterocycles. The van der Waals surface area contributed by atoms with Crippen LogP contribution in [0.15, 0.2) is 60.0 Å². The second kappa shape index (κ2) is 8.65. The minimum atomic E-state index is -0.132. The molecule has 0 atom stereocenters. The maximum Gasteiger partial charge on any atom is 0.191 e. The maximum atomic E-state index is 14.2. The number of halogens is 1. The smallest absolute Gasteiger partial charge is 0.191 e. The summed E-state index contributed by atoms with van der Waals surface area (Å²) in [6.45, 7) is 5.91. The highest BCUT2D eigenvalue weighted by molar-refractivity contribution is 5.80. The van der Waals surface area contributed by atoms with Crippen LogP contribution in [0.2, 0.25) is 0 Å². The number of aliphatic imine (C=N–C) groups is 1. The van der Waals surface area contributed by atoms with Crippen molar-refractivity contribution in [2.75, 3.05) is 13.1 Å². The highest BCUT2D eigenvalue weighted by Gasteiger charge is 2.45. The van der Waals surface area contributed by atoms with Crippen molar-refractivity contribution in [3.63, 3.8) is 0 Å². The average Bonchev–Trinajstić information content (AvgIpc) is 3.43. The summed E-state index contributed by atoms with van der Waals surface area (Å²) in [6.07, 6.45) is 7.46. The van der Waals surface area contributed by atoms with E-state index in [1.807, 2.05) is 55.1 Å². The molecule has 30 heavy (non-hydrogen) atoms. The summed E-state index contributed by atoms with van der Waals surface area (Å²) in [5.41, 5.74) is 1.68. The number of guanidine groups is 1. The van der Waals surface area contributed by atoms with Gasteiger partial charge in [-0.05, 0) is 49.9 Å². The Balaban J connectivity index is 1.41. The molecule has 156 valence electrons. The first-order chi connectivity index (χ1) is 14.6. The predicted molar refractivity (Wildman–Crippen MR) is 116 cm³/mol. The van der Waals surface area contributed by atoms with Gasteiger partial charge < -0.3 is 10.6 Å². The van der Waals surface area contributed by atoms with Crippen LogP contribution >= 0.6 is 0 Å².